The highest BCUT2D eigenvalue weighted by Crippen LogP contribution is 2.01. The Labute approximate surface area is 59.9 Å². The van der Waals surface area contributed by atoms with Gasteiger partial charge in [-0.25, -0.2) is 0 Å². The number of amides is 1. The molecule has 2 N–H and O–H groups in total. The van der Waals surface area contributed by atoms with E-state index in [0.29, 0.717) is 6.54 Å². The van der Waals surface area contributed by atoms with E-state index in [1.54, 1.807) is 0 Å². The number of nitrogens with two attached hydrogens (primary N) is 1. The zero-order chi connectivity index (χ0) is 7.56. The lowest BCUT2D eigenvalue weighted by molar-refractivity contribution is -0.118. The summed E-state index contributed by atoms with van der Waals surface area (Å²) in [5.41, 5.74) is 4.98. The van der Waals surface area contributed by atoms with Crippen LogP contribution in [0.1, 0.15) is 0 Å². The molecule has 0 fully saturated rings. The maximum Gasteiger partial charge on any atom is 0.236 e. The first-order valence-corrected chi connectivity index (χ1v) is 3.09. The van der Waals surface area contributed by atoms with Gasteiger partial charge in [-0.3, -0.25) is 4.79 Å². The van der Waals surface area contributed by atoms with Gasteiger partial charge in [0.15, 0.2) is 0 Å². The molecule has 4 heteroatoms. The maximum absolute atomic E-state index is 10.4. The molecule has 0 aromatic rings. The molecule has 1 heterocycles. The third-order valence-electron chi connectivity index (χ3n) is 1.30. The first-order chi connectivity index (χ1) is 4.68. The molecule has 0 atom stereocenters. The molecule has 10 heavy (non-hydrogen) atoms. The lowest BCUT2D eigenvalue weighted by atomic mass is 10.5. The molecule has 0 spiro atoms. The van der Waals surface area contributed by atoms with Crippen molar-refractivity contribution in [2.75, 3.05) is 20.3 Å². The molecule has 0 aromatic heterocycles. The third-order valence-corrected chi connectivity index (χ3v) is 1.30. The first kappa shape index (κ1) is 6.92. The van der Waals surface area contributed by atoms with Crippen molar-refractivity contribution in [3.8, 4) is 0 Å². The molecule has 0 saturated heterocycles. The van der Waals surface area contributed by atoms with E-state index >= 15 is 0 Å². The number of primary amides is 1. The summed E-state index contributed by atoms with van der Waals surface area (Å²) >= 11 is 0. The molecule has 0 aromatic carbocycles. The number of carbonyl (C=O) groups excluding carboxylic acids is 1. The van der Waals surface area contributed by atoms with Gasteiger partial charge in [0.1, 0.15) is 0 Å². The van der Waals surface area contributed by atoms with Gasteiger partial charge < -0.3 is 15.5 Å². The SMILES string of the molecule is CN1C=CN(CC(N)=O)C1. The minimum Gasteiger partial charge on any atom is -0.368 e. The summed E-state index contributed by atoms with van der Waals surface area (Å²) in [6.07, 6.45) is 3.76. The quantitative estimate of drug-likeness (QED) is 0.545. The smallest absolute Gasteiger partial charge is 0.236 e. The molecule has 1 aliphatic rings. The van der Waals surface area contributed by atoms with Crippen molar-refractivity contribution >= 4 is 5.91 Å². The van der Waals surface area contributed by atoms with Crippen LogP contribution in [-0.2, 0) is 4.79 Å². The topological polar surface area (TPSA) is 49.6 Å². The van der Waals surface area contributed by atoms with Crippen molar-refractivity contribution in [1.29, 1.82) is 0 Å². The van der Waals surface area contributed by atoms with Gasteiger partial charge in [0.05, 0.1) is 13.2 Å². The standard InChI is InChI=1S/C6H11N3O/c1-8-2-3-9(5-8)4-6(7)10/h2-3H,4-5H2,1H3,(H2,7,10). The van der Waals surface area contributed by atoms with Gasteiger partial charge in [-0.2, -0.15) is 0 Å². The van der Waals surface area contributed by atoms with Gasteiger partial charge in [0.25, 0.3) is 0 Å². The molecule has 0 aliphatic carbocycles. The molecule has 4 nitrogen and oxygen atoms in total. The Morgan fingerprint density at radius 1 is 1.70 bits per heavy atom. The molecule has 1 aliphatic heterocycles. The monoisotopic (exact) mass is 141 g/mol. The lowest BCUT2D eigenvalue weighted by Gasteiger charge is -2.15. The number of rotatable bonds is 2. The first-order valence-electron chi connectivity index (χ1n) is 3.09. The van der Waals surface area contributed by atoms with Crippen LogP contribution in [0.5, 0.6) is 0 Å². The average molecular weight is 141 g/mol. The fourth-order valence-corrected chi connectivity index (χ4v) is 0.892. The van der Waals surface area contributed by atoms with Gasteiger partial charge in [0.2, 0.25) is 5.91 Å². The fraction of sp³-hybridized carbons (Fsp3) is 0.500. The summed E-state index contributed by atoms with van der Waals surface area (Å²) in [7, 11) is 1.94. The highest BCUT2D eigenvalue weighted by molar-refractivity contribution is 5.76. The van der Waals surface area contributed by atoms with Crippen LogP contribution >= 0.6 is 0 Å². The second-order valence-electron chi connectivity index (χ2n) is 2.41. The van der Waals surface area contributed by atoms with Crippen molar-refractivity contribution in [2.24, 2.45) is 5.73 Å². The van der Waals surface area contributed by atoms with Gasteiger partial charge in [-0.05, 0) is 0 Å². The summed E-state index contributed by atoms with van der Waals surface area (Å²) < 4.78 is 0. The molecule has 0 saturated carbocycles. The van der Waals surface area contributed by atoms with Crippen molar-refractivity contribution in [1.82, 2.24) is 9.80 Å². The zero-order valence-electron chi connectivity index (χ0n) is 5.95. The van der Waals surface area contributed by atoms with E-state index in [1.165, 1.54) is 0 Å². The zero-order valence-corrected chi connectivity index (χ0v) is 5.95. The third kappa shape index (κ3) is 1.65. The summed E-state index contributed by atoms with van der Waals surface area (Å²) in [5.74, 6) is -0.292. The van der Waals surface area contributed by atoms with Gasteiger partial charge in [0, 0.05) is 19.4 Å². The van der Waals surface area contributed by atoms with Crippen LogP contribution in [0.25, 0.3) is 0 Å². The predicted molar refractivity (Wildman–Crippen MR) is 37.7 cm³/mol. The predicted octanol–water partition coefficient (Wildman–Crippen LogP) is -0.852. The fourth-order valence-electron chi connectivity index (χ4n) is 0.892. The van der Waals surface area contributed by atoms with E-state index in [0.717, 1.165) is 6.67 Å². The number of nitrogens with zero attached hydrogens (tertiary/aromatic N) is 2. The van der Waals surface area contributed by atoms with Crippen LogP contribution in [0.3, 0.4) is 0 Å². The Hall–Kier alpha value is -1.19. The van der Waals surface area contributed by atoms with Crippen LogP contribution in [0, 0.1) is 0 Å². The van der Waals surface area contributed by atoms with Gasteiger partial charge in [-0.1, -0.05) is 0 Å². The van der Waals surface area contributed by atoms with Crippen LogP contribution < -0.4 is 5.73 Å². The largest absolute Gasteiger partial charge is 0.368 e. The highest BCUT2D eigenvalue weighted by atomic mass is 16.1. The maximum atomic E-state index is 10.4. The number of carbonyl (C=O) groups is 1. The van der Waals surface area contributed by atoms with Crippen LogP contribution in [0.15, 0.2) is 12.4 Å². The Morgan fingerprint density at radius 3 is 2.80 bits per heavy atom. The number of hydrogen-bond acceptors (Lipinski definition) is 3. The Kier molecular flexibility index (Phi) is 1.80. The molecular formula is C6H11N3O. The van der Waals surface area contributed by atoms with E-state index in [2.05, 4.69) is 0 Å². The van der Waals surface area contributed by atoms with E-state index in [9.17, 15) is 4.79 Å². The molecule has 1 rings (SSSR count). The second kappa shape index (κ2) is 2.60. The van der Waals surface area contributed by atoms with E-state index < -0.39 is 0 Å². The summed E-state index contributed by atoms with van der Waals surface area (Å²) in [6, 6.07) is 0. The minimum atomic E-state index is -0.292. The summed E-state index contributed by atoms with van der Waals surface area (Å²) in [5, 5.41) is 0. The molecule has 56 valence electrons. The van der Waals surface area contributed by atoms with Gasteiger partial charge >= 0.3 is 0 Å². The van der Waals surface area contributed by atoms with Crippen molar-refractivity contribution in [2.45, 2.75) is 0 Å². The van der Waals surface area contributed by atoms with Crippen LogP contribution in [0.2, 0.25) is 0 Å². The normalized spacial score (nSPS) is 16.5. The van der Waals surface area contributed by atoms with E-state index in [1.807, 2.05) is 29.2 Å². The molecule has 0 unspecified atom stereocenters. The summed E-state index contributed by atoms with van der Waals surface area (Å²) in [6.45, 7) is 1.06. The van der Waals surface area contributed by atoms with Crippen molar-refractivity contribution < 1.29 is 4.79 Å². The van der Waals surface area contributed by atoms with Crippen LogP contribution in [0.4, 0.5) is 0 Å². The second-order valence-corrected chi connectivity index (χ2v) is 2.41. The molecular weight excluding hydrogens is 130 g/mol. The van der Waals surface area contributed by atoms with Crippen molar-refractivity contribution in [3.63, 3.8) is 0 Å². The van der Waals surface area contributed by atoms with E-state index in [-0.39, 0.29) is 5.91 Å². The van der Waals surface area contributed by atoms with Crippen LogP contribution in [-0.4, -0.2) is 36.0 Å². The Morgan fingerprint density at radius 2 is 2.40 bits per heavy atom. The van der Waals surface area contributed by atoms with Gasteiger partial charge in [-0.15, -0.1) is 0 Å². The number of hydrogen-bond donors (Lipinski definition) is 1. The lowest BCUT2D eigenvalue weighted by Crippen LogP contribution is -2.31. The molecule has 1 amide bonds. The summed E-state index contributed by atoms with van der Waals surface area (Å²) in [4.78, 5) is 14.2. The highest BCUT2D eigenvalue weighted by Gasteiger charge is 2.09. The Balaban J connectivity index is 2.33. The van der Waals surface area contributed by atoms with Crippen molar-refractivity contribution in [3.05, 3.63) is 12.4 Å². The Bertz CT molecular complexity index is 166. The molecule has 0 radical (unpaired) electrons. The van der Waals surface area contributed by atoms with E-state index in [4.69, 9.17) is 5.73 Å². The molecule has 0 bridgehead atoms. The minimum absolute atomic E-state index is 0.292. The average Bonchev–Trinajstić information content (AvgIpc) is 2.13.